The van der Waals surface area contributed by atoms with Gasteiger partial charge in [0.05, 0.1) is 24.6 Å². The summed E-state index contributed by atoms with van der Waals surface area (Å²) in [7, 11) is 0. The number of pyridine rings is 1. The van der Waals surface area contributed by atoms with Gasteiger partial charge in [-0.25, -0.2) is 9.37 Å². The summed E-state index contributed by atoms with van der Waals surface area (Å²) in [6.45, 7) is 6.55. The molecular formula is C23H26FN5O2S. The second-order valence-corrected chi connectivity index (χ2v) is 8.12. The van der Waals surface area contributed by atoms with Gasteiger partial charge in [-0.05, 0) is 55.0 Å². The smallest absolute Gasteiger partial charge is 0.222 e. The highest BCUT2D eigenvalue weighted by atomic mass is 32.1. The van der Waals surface area contributed by atoms with Crippen molar-refractivity contribution in [2.75, 3.05) is 38.2 Å². The molecule has 1 fully saturated rings. The molecule has 2 N–H and O–H groups in total. The molecule has 0 unspecified atom stereocenters. The van der Waals surface area contributed by atoms with Crippen LogP contribution in [0.5, 0.6) is 0 Å². The molecule has 1 saturated heterocycles. The van der Waals surface area contributed by atoms with Crippen LogP contribution in [-0.2, 0) is 16.1 Å². The summed E-state index contributed by atoms with van der Waals surface area (Å²) >= 11 is 5.67. The normalized spacial score (nSPS) is 14.4. The Labute approximate surface area is 191 Å². The number of ether oxygens (including phenoxy) is 1. The molecule has 4 rings (SSSR count). The van der Waals surface area contributed by atoms with E-state index in [2.05, 4.69) is 24.8 Å². The van der Waals surface area contributed by atoms with E-state index in [1.807, 2.05) is 12.1 Å². The van der Waals surface area contributed by atoms with Gasteiger partial charge in [-0.15, -0.1) is 0 Å². The molecule has 168 valence electrons. The summed E-state index contributed by atoms with van der Waals surface area (Å²) in [5.74, 6) is -0.0208. The third-order valence-corrected chi connectivity index (χ3v) is 5.74. The summed E-state index contributed by atoms with van der Waals surface area (Å²) in [5, 5.41) is 2.73. The number of benzene rings is 1. The number of imidazole rings is 1. The number of anilines is 1. The molecule has 0 bridgehead atoms. The van der Waals surface area contributed by atoms with E-state index in [0.717, 1.165) is 68.3 Å². The largest absolute Gasteiger partial charge is 0.379 e. The van der Waals surface area contributed by atoms with Crippen molar-refractivity contribution in [3.63, 3.8) is 0 Å². The average molecular weight is 456 g/mol. The number of nitrogens with one attached hydrogen (secondary N) is 2. The van der Waals surface area contributed by atoms with Crippen LogP contribution in [0.15, 0.2) is 42.6 Å². The number of rotatable bonds is 7. The van der Waals surface area contributed by atoms with E-state index in [1.165, 1.54) is 19.1 Å². The molecule has 0 aliphatic carbocycles. The zero-order valence-electron chi connectivity index (χ0n) is 17.9. The van der Waals surface area contributed by atoms with Crippen LogP contribution >= 0.6 is 12.2 Å². The van der Waals surface area contributed by atoms with Crippen molar-refractivity contribution < 1.29 is 13.9 Å². The van der Waals surface area contributed by atoms with Crippen LogP contribution in [0.3, 0.4) is 0 Å². The number of amides is 1. The lowest BCUT2D eigenvalue weighted by Crippen LogP contribution is -2.37. The molecule has 1 aliphatic heterocycles. The molecule has 0 radical (unpaired) electrons. The van der Waals surface area contributed by atoms with Gasteiger partial charge in [0.2, 0.25) is 5.91 Å². The number of nitrogens with zero attached hydrogens (tertiary/aromatic N) is 3. The maximum absolute atomic E-state index is 13.5. The minimum atomic E-state index is -0.296. The maximum Gasteiger partial charge on any atom is 0.222 e. The van der Waals surface area contributed by atoms with Gasteiger partial charge in [-0.2, -0.15) is 0 Å². The minimum absolute atomic E-state index is 0.190. The number of hydrogen-bond donors (Lipinski definition) is 2. The third-order valence-electron chi connectivity index (χ3n) is 5.41. The fraction of sp³-hybridized carbons (Fsp3) is 0.348. The number of hydrogen-bond acceptors (Lipinski definition) is 5. The molecule has 3 aromatic rings. The van der Waals surface area contributed by atoms with Crippen LogP contribution < -0.4 is 5.32 Å². The lowest BCUT2D eigenvalue weighted by Gasteiger charge is -2.26. The Morgan fingerprint density at radius 3 is 2.66 bits per heavy atom. The molecule has 1 aromatic carbocycles. The van der Waals surface area contributed by atoms with Gasteiger partial charge in [0.1, 0.15) is 11.6 Å². The first kappa shape index (κ1) is 22.3. The van der Waals surface area contributed by atoms with Crippen molar-refractivity contribution in [2.45, 2.75) is 19.9 Å². The van der Waals surface area contributed by atoms with Crippen molar-refractivity contribution in [2.24, 2.45) is 0 Å². The standard InChI is InChI=1S/C23H26FN5O2S/c1-16(30)26-20-15-18(7-8-25-20)22-21(17-3-5-19(24)6-4-17)27-23(32)29(22)10-2-9-28-11-13-31-14-12-28/h3-8,15H,2,9-14H2,1H3,(H,27,32)(H,25,26,30). The highest BCUT2D eigenvalue weighted by molar-refractivity contribution is 7.71. The molecule has 1 amide bonds. The van der Waals surface area contributed by atoms with Gasteiger partial charge in [-0.3, -0.25) is 9.69 Å². The Kier molecular flexibility index (Phi) is 7.09. The first-order chi connectivity index (χ1) is 15.5. The number of morpholine rings is 1. The SMILES string of the molecule is CC(=O)Nc1cc(-c2c(-c3ccc(F)cc3)[nH]c(=S)n2CCCN2CCOCC2)ccn1. The van der Waals surface area contributed by atoms with Crippen molar-refractivity contribution in [1.82, 2.24) is 19.4 Å². The molecule has 2 aromatic heterocycles. The Balaban J connectivity index is 1.70. The number of carbonyl (C=O) groups is 1. The van der Waals surface area contributed by atoms with Crippen molar-refractivity contribution >= 4 is 23.9 Å². The van der Waals surface area contributed by atoms with Gasteiger partial charge in [0.25, 0.3) is 0 Å². The second kappa shape index (κ2) is 10.2. The lowest BCUT2D eigenvalue weighted by atomic mass is 10.1. The predicted molar refractivity (Wildman–Crippen MR) is 124 cm³/mol. The Morgan fingerprint density at radius 2 is 1.94 bits per heavy atom. The van der Waals surface area contributed by atoms with E-state index in [-0.39, 0.29) is 11.7 Å². The molecule has 0 atom stereocenters. The van der Waals surface area contributed by atoms with Crippen LogP contribution in [0.2, 0.25) is 0 Å². The summed E-state index contributed by atoms with van der Waals surface area (Å²) in [6.07, 6.45) is 2.58. The van der Waals surface area contributed by atoms with Gasteiger partial charge in [0.15, 0.2) is 4.77 Å². The number of H-pyrrole nitrogens is 1. The van der Waals surface area contributed by atoms with Crippen LogP contribution in [0, 0.1) is 10.6 Å². The third kappa shape index (κ3) is 5.29. The summed E-state index contributed by atoms with van der Waals surface area (Å²) in [4.78, 5) is 21.4. The summed E-state index contributed by atoms with van der Waals surface area (Å²) in [6, 6.07) is 10.0. The van der Waals surface area contributed by atoms with E-state index < -0.39 is 0 Å². The Hall–Kier alpha value is -2.88. The number of halogens is 1. The fourth-order valence-corrected chi connectivity index (χ4v) is 4.20. The topological polar surface area (TPSA) is 75.2 Å². The van der Waals surface area contributed by atoms with Crippen molar-refractivity contribution in [3.05, 3.63) is 53.2 Å². The summed E-state index contributed by atoms with van der Waals surface area (Å²) in [5.41, 5.74) is 3.39. The fourth-order valence-electron chi connectivity index (χ4n) is 3.91. The van der Waals surface area contributed by atoms with E-state index in [9.17, 15) is 9.18 Å². The van der Waals surface area contributed by atoms with Gasteiger partial charge in [-0.1, -0.05) is 0 Å². The molecular weight excluding hydrogens is 429 g/mol. The Morgan fingerprint density at radius 1 is 1.19 bits per heavy atom. The monoisotopic (exact) mass is 455 g/mol. The molecule has 9 heteroatoms. The van der Waals surface area contributed by atoms with E-state index >= 15 is 0 Å². The quantitative estimate of drug-likeness (QED) is 0.525. The number of aromatic nitrogens is 3. The predicted octanol–water partition coefficient (Wildman–Crippen LogP) is 4.09. The highest BCUT2D eigenvalue weighted by Gasteiger charge is 2.18. The molecule has 3 heterocycles. The Bertz CT molecular complexity index is 1140. The minimum Gasteiger partial charge on any atom is -0.379 e. The number of aromatic amines is 1. The number of carbonyl (C=O) groups excluding carboxylic acids is 1. The van der Waals surface area contributed by atoms with Gasteiger partial charge >= 0.3 is 0 Å². The van der Waals surface area contributed by atoms with Crippen LogP contribution in [0.25, 0.3) is 22.5 Å². The van der Waals surface area contributed by atoms with Crippen molar-refractivity contribution in [1.29, 1.82) is 0 Å². The maximum atomic E-state index is 13.5. The molecule has 1 aliphatic rings. The van der Waals surface area contributed by atoms with Crippen molar-refractivity contribution in [3.8, 4) is 22.5 Å². The van der Waals surface area contributed by atoms with E-state index in [4.69, 9.17) is 17.0 Å². The van der Waals surface area contributed by atoms with Gasteiger partial charge in [0, 0.05) is 50.4 Å². The lowest BCUT2D eigenvalue weighted by molar-refractivity contribution is -0.114. The first-order valence-corrected chi connectivity index (χ1v) is 11.0. The zero-order valence-corrected chi connectivity index (χ0v) is 18.8. The molecule has 0 spiro atoms. The van der Waals surface area contributed by atoms with E-state index in [0.29, 0.717) is 10.6 Å². The van der Waals surface area contributed by atoms with Gasteiger partial charge < -0.3 is 19.6 Å². The second-order valence-electron chi connectivity index (χ2n) is 7.73. The summed E-state index contributed by atoms with van der Waals surface area (Å²) < 4.78 is 21.6. The first-order valence-electron chi connectivity index (χ1n) is 10.6. The zero-order chi connectivity index (χ0) is 22.5. The van der Waals surface area contributed by atoms with Crippen LogP contribution in [-0.4, -0.2) is 58.2 Å². The molecule has 32 heavy (non-hydrogen) atoms. The van der Waals surface area contributed by atoms with Crippen LogP contribution in [0.1, 0.15) is 13.3 Å². The molecule has 7 nitrogen and oxygen atoms in total. The highest BCUT2D eigenvalue weighted by Crippen LogP contribution is 2.33. The van der Waals surface area contributed by atoms with E-state index in [1.54, 1.807) is 18.3 Å². The molecule has 0 saturated carbocycles. The average Bonchev–Trinajstić information content (AvgIpc) is 3.11. The van der Waals surface area contributed by atoms with Crippen LogP contribution in [0.4, 0.5) is 10.2 Å².